The van der Waals surface area contributed by atoms with Gasteiger partial charge in [0.25, 0.3) is 0 Å². The van der Waals surface area contributed by atoms with Crippen molar-refractivity contribution < 1.29 is 9.00 Å². The van der Waals surface area contributed by atoms with Crippen LogP contribution in [-0.2, 0) is 15.6 Å². The molecular weight excluding hydrogens is 240 g/mol. The van der Waals surface area contributed by atoms with E-state index in [1.54, 1.807) is 18.2 Å². The molecule has 0 bridgehead atoms. The maximum Gasteiger partial charge on any atom is 0.132 e. The van der Waals surface area contributed by atoms with Crippen molar-refractivity contribution in [2.24, 2.45) is 0 Å². The highest BCUT2D eigenvalue weighted by atomic mass is 79.9. The maximum atomic E-state index is 11.3. The molecule has 0 aliphatic heterocycles. The lowest BCUT2D eigenvalue weighted by Crippen LogP contribution is -1.99. The quantitative estimate of drug-likeness (QED) is 0.762. The van der Waals surface area contributed by atoms with Gasteiger partial charge in [-0.25, -0.2) is 0 Å². The van der Waals surface area contributed by atoms with Gasteiger partial charge in [0, 0.05) is 4.47 Å². The van der Waals surface area contributed by atoms with Crippen molar-refractivity contribution in [1.82, 2.24) is 0 Å². The average molecular weight is 247 g/mol. The molecule has 0 aliphatic carbocycles. The summed E-state index contributed by atoms with van der Waals surface area (Å²) in [6.45, 7) is 0. The first kappa shape index (κ1) is 9.61. The van der Waals surface area contributed by atoms with Crippen molar-refractivity contribution in [3.8, 4) is 0 Å². The van der Waals surface area contributed by atoms with Crippen LogP contribution in [0, 0.1) is 0 Å². The number of carbonyl (C=O) groups excluding carboxylic acids is 1. The van der Waals surface area contributed by atoms with Gasteiger partial charge in [0.2, 0.25) is 0 Å². The summed E-state index contributed by atoms with van der Waals surface area (Å²) in [6, 6.07) is 7.18. The number of rotatable bonds is 3. The fourth-order valence-electron chi connectivity index (χ4n) is 0.781. The summed E-state index contributed by atoms with van der Waals surface area (Å²) in [7, 11) is -1.21. The van der Waals surface area contributed by atoms with E-state index >= 15 is 0 Å². The van der Waals surface area contributed by atoms with Crippen molar-refractivity contribution in [2.45, 2.75) is 4.90 Å². The molecule has 2 nitrogen and oxygen atoms in total. The topological polar surface area (TPSA) is 34.1 Å². The molecule has 64 valence electrons. The molecule has 0 heterocycles. The molecule has 0 radical (unpaired) electrons. The van der Waals surface area contributed by atoms with Crippen molar-refractivity contribution >= 4 is 33.0 Å². The van der Waals surface area contributed by atoms with Crippen LogP contribution in [0.2, 0.25) is 0 Å². The normalized spacial score (nSPS) is 12.4. The second kappa shape index (κ2) is 4.52. The minimum atomic E-state index is -1.21. The Bertz CT molecular complexity index is 312. The summed E-state index contributed by atoms with van der Waals surface area (Å²) in [4.78, 5) is 10.8. The molecule has 0 spiro atoms. The van der Waals surface area contributed by atoms with Crippen LogP contribution in [0.15, 0.2) is 33.6 Å². The Morgan fingerprint density at radius 3 is 2.67 bits per heavy atom. The van der Waals surface area contributed by atoms with Gasteiger partial charge in [-0.15, -0.1) is 0 Å². The Balaban J connectivity index is 2.94. The molecule has 0 aliphatic rings. The van der Waals surface area contributed by atoms with Crippen LogP contribution >= 0.6 is 15.9 Å². The molecule has 1 atom stereocenters. The first-order chi connectivity index (χ1) is 5.75. The molecule has 1 aromatic carbocycles. The van der Waals surface area contributed by atoms with E-state index in [1.165, 1.54) is 0 Å². The van der Waals surface area contributed by atoms with E-state index in [9.17, 15) is 9.00 Å². The third-order valence-electron chi connectivity index (χ3n) is 1.30. The highest BCUT2D eigenvalue weighted by Crippen LogP contribution is 2.19. The van der Waals surface area contributed by atoms with E-state index in [0.717, 1.165) is 4.47 Å². The number of hydrogen-bond acceptors (Lipinski definition) is 2. The van der Waals surface area contributed by atoms with Crippen LogP contribution < -0.4 is 0 Å². The van der Waals surface area contributed by atoms with E-state index < -0.39 is 10.8 Å². The monoisotopic (exact) mass is 246 g/mol. The Labute approximate surface area is 81.6 Å². The first-order valence-corrected chi connectivity index (χ1v) is 5.43. The van der Waals surface area contributed by atoms with Gasteiger partial charge in [0.05, 0.1) is 21.4 Å². The molecule has 0 aromatic heterocycles. The lowest BCUT2D eigenvalue weighted by atomic mass is 10.4. The molecule has 0 fully saturated rings. The number of benzene rings is 1. The van der Waals surface area contributed by atoms with Gasteiger partial charge >= 0.3 is 0 Å². The largest absolute Gasteiger partial charge is 0.302 e. The molecule has 12 heavy (non-hydrogen) atoms. The van der Waals surface area contributed by atoms with Crippen LogP contribution in [0.4, 0.5) is 0 Å². The predicted octanol–water partition coefficient (Wildman–Crippen LogP) is 1.76. The van der Waals surface area contributed by atoms with E-state index in [4.69, 9.17) is 0 Å². The molecule has 1 aromatic rings. The van der Waals surface area contributed by atoms with Gasteiger partial charge in [0.15, 0.2) is 0 Å². The summed E-state index contributed by atoms with van der Waals surface area (Å²) in [6.07, 6.45) is 0.662. The minimum absolute atomic E-state index is 0.0581. The standard InChI is InChI=1S/C8H7BrO2S/c9-7-3-1-2-4-8(7)12(11)6-5-10/h1-5H,6H2. The number of halogens is 1. The molecule has 0 N–H and O–H groups in total. The van der Waals surface area contributed by atoms with Gasteiger partial charge in [0.1, 0.15) is 6.29 Å². The Hall–Kier alpha value is -0.480. The molecular formula is C8H7BrO2S. The second-order valence-corrected chi connectivity index (χ2v) is 4.43. The zero-order valence-corrected chi connectivity index (χ0v) is 8.60. The number of carbonyl (C=O) groups is 1. The summed E-state index contributed by atoms with van der Waals surface area (Å²) in [5, 5.41) is 0. The summed E-state index contributed by atoms with van der Waals surface area (Å²) >= 11 is 3.26. The Kier molecular flexibility index (Phi) is 3.62. The Morgan fingerprint density at radius 2 is 2.08 bits per heavy atom. The molecule has 0 saturated heterocycles. The van der Waals surface area contributed by atoms with Crippen LogP contribution in [-0.4, -0.2) is 16.2 Å². The molecule has 0 amide bonds. The van der Waals surface area contributed by atoms with Crippen LogP contribution in [0.3, 0.4) is 0 Å². The minimum Gasteiger partial charge on any atom is -0.302 e. The van der Waals surface area contributed by atoms with E-state index in [2.05, 4.69) is 15.9 Å². The van der Waals surface area contributed by atoms with Crippen molar-refractivity contribution in [1.29, 1.82) is 0 Å². The van der Waals surface area contributed by atoms with Crippen LogP contribution in [0.5, 0.6) is 0 Å². The van der Waals surface area contributed by atoms with Gasteiger partial charge in [-0.2, -0.15) is 0 Å². The lowest BCUT2D eigenvalue weighted by Gasteiger charge is -1.99. The SMILES string of the molecule is O=CCS(=O)c1ccccc1Br. The van der Waals surface area contributed by atoms with Gasteiger partial charge < -0.3 is 4.79 Å². The van der Waals surface area contributed by atoms with Crippen molar-refractivity contribution in [3.63, 3.8) is 0 Å². The summed E-state index contributed by atoms with van der Waals surface area (Å²) in [5.41, 5.74) is 0. The van der Waals surface area contributed by atoms with Crippen molar-refractivity contribution in [3.05, 3.63) is 28.7 Å². The summed E-state index contributed by atoms with van der Waals surface area (Å²) < 4.78 is 12.1. The van der Waals surface area contributed by atoms with E-state index in [-0.39, 0.29) is 5.75 Å². The molecule has 0 saturated carbocycles. The molecule has 4 heteroatoms. The fourth-order valence-corrected chi connectivity index (χ4v) is 2.43. The second-order valence-electron chi connectivity index (χ2n) is 2.11. The number of aldehydes is 1. The molecule has 1 unspecified atom stereocenters. The zero-order valence-electron chi connectivity index (χ0n) is 6.20. The first-order valence-electron chi connectivity index (χ1n) is 3.32. The highest BCUT2D eigenvalue weighted by molar-refractivity contribution is 9.10. The van der Waals surface area contributed by atoms with Crippen LogP contribution in [0.1, 0.15) is 0 Å². The maximum absolute atomic E-state index is 11.3. The number of hydrogen-bond donors (Lipinski definition) is 0. The lowest BCUT2D eigenvalue weighted by molar-refractivity contribution is -0.105. The Morgan fingerprint density at radius 1 is 1.42 bits per heavy atom. The average Bonchev–Trinajstić information content (AvgIpc) is 2.05. The molecule has 1 rings (SSSR count). The van der Waals surface area contributed by atoms with E-state index in [1.807, 2.05) is 6.07 Å². The summed E-state index contributed by atoms with van der Waals surface area (Å²) in [5.74, 6) is 0.0581. The van der Waals surface area contributed by atoms with Gasteiger partial charge in [-0.3, -0.25) is 4.21 Å². The van der Waals surface area contributed by atoms with E-state index in [0.29, 0.717) is 11.2 Å². The van der Waals surface area contributed by atoms with Crippen molar-refractivity contribution in [2.75, 3.05) is 5.75 Å². The van der Waals surface area contributed by atoms with Crippen LogP contribution in [0.25, 0.3) is 0 Å². The third-order valence-corrected chi connectivity index (χ3v) is 3.54. The predicted molar refractivity (Wildman–Crippen MR) is 51.5 cm³/mol. The highest BCUT2D eigenvalue weighted by Gasteiger charge is 2.05. The zero-order chi connectivity index (χ0) is 8.97. The van der Waals surface area contributed by atoms with Gasteiger partial charge in [-0.05, 0) is 28.1 Å². The van der Waals surface area contributed by atoms with Gasteiger partial charge in [-0.1, -0.05) is 12.1 Å². The third kappa shape index (κ3) is 2.25. The smallest absolute Gasteiger partial charge is 0.132 e. The fraction of sp³-hybridized carbons (Fsp3) is 0.125.